The Kier molecular flexibility index (Phi) is 6.65. The lowest BCUT2D eigenvalue weighted by molar-refractivity contribution is -0.152. The second-order valence-electron chi connectivity index (χ2n) is 6.97. The minimum atomic E-state index is -1.36. The minimum absolute atomic E-state index is 0.0713. The second-order valence-corrected chi connectivity index (χ2v) is 6.97. The van der Waals surface area contributed by atoms with Crippen molar-refractivity contribution in [2.24, 2.45) is 0 Å². The molecule has 4 N–H and O–H groups in total. The monoisotopic (exact) mass is 420 g/mol. The minimum Gasteiger partial charge on any atom is -0.478 e. The van der Waals surface area contributed by atoms with Crippen LogP contribution in [0.1, 0.15) is 22.8 Å². The summed E-state index contributed by atoms with van der Waals surface area (Å²) >= 11 is 0. The topological polar surface area (TPSA) is 156 Å². The van der Waals surface area contributed by atoms with Crippen molar-refractivity contribution < 1.29 is 24.5 Å². The molecule has 2 aromatic heterocycles. The van der Waals surface area contributed by atoms with Gasteiger partial charge in [-0.2, -0.15) is 0 Å². The number of hydrogen-bond acceptors (Lipinski definition) is 8. The van der Waals surface area contributed by atoms with E-state index in [4.69, 9.17) is 9.47 Å². The fourth-order valence-electron chi connectivity index (χ4n) is 3.12. The summed E-state index contributed by atoms with van der Waals surface area (Å²) in [5, 5.41) is 23.5. The number of amides is 1. The molecule has 0 aromatic carbocycles. The standard InChI is InChI=1S/C19H24N4O7/c1-3-29-14-5-4-11(6-20-14)18(27)21-12-9-30-13(16(25)15(12)24)8-23-7-10(2)17(26)22-19(23)28/h4-7,12-13,15-16,24-25H,3,8-9H2,1-2H3,(H,21,27)(H,22,26,28)/t12-,13-,15+,16-/m1/s1. The third kappa shape index (κ3) is 4.75. The zero-order chi connectivity index (χ0) is 21.8. The lowest BCUT2D eigenvalue weighted by Crippen LogP contribution is -2.60. The zero-order valence-electron chi connectivity index (χ0n) is 16.6. The number of aromatic amines is 1. The van der Waals surface area contributed by atoms with E-state index in [1.54, 1.807) is 13.0 Å². The Labute approximate surface area is 171 Å². The summed E-state index contributed by atoms with van der Waals surface area (Å²) in [7, 11) is 0. The van der Waals surface area contributed by atoms with Crippen LogP contribution in [0.3, 0.4) is 0 Å². The molecule has 1 aliphatic rings. The second kappa shape index (κ2) is 9.20. The Morgan fingerprint density at radius 1 is 1.37 bits per heavy atom. The van der Waals surface area contributed by atoms with Gasteiger partial charge in [0.05, 0.1) is 31.4 Å². The van der Waals surface area contributed by atoms with Crippen LogP contribution in [0.5, 0.6) is 5.88 Å². The molecule has 4 atom stereocenters. The van der Waals surface area contributed by atoms with Gasteiger partial charge in [0, 0.05) is 24.0 Å². The summed E-state index contributed by atoms with van der Waals surface area (Å²) in [5.41, 5.74) is -0.547. The molecule has 0 saturated carbocycles. The van der Waals surface area contributed by atoms with Crippen molar-refractivity contribution in [3.63, 3.8) is 0 Å². The first-order valence-corrected chi connectivity index (χ1v) is 9.48. The van der Waals surface area contributed by atoms with Gasteiger partial charge in [0.15, 0.2) is 0 Å². The largest absolute Gasteiger partial charge is 0.478 e. The molecule has 0 radical (unpaired) electrons. The average molecular weight is 420 g/mol. The predicted octanol–water partition coefficient (Wildman–Crippen LogP) is -1.44. The van der Waals surface area contributed by atoms with Gasteiger partial charge in [-0.1, -0.05) is 0 Å². The smallest absolute Gasteiger partial charge is 0.328 e. The van der Waals surface area contributed by atoms with Crippen LogP contribution in [0.15, 0.2) is 34.1 Å². The molecule has 1 saturated heterocycles. The number of carbonyl (C=O) groups excluding carboxylic acids is 1. The number of nitrogens with zero attached hydrogens (tertiary/aromatic N) is 2. The fourth-order valence-corrected chi connectivity index (χ4v) is 3.12. The Balaban J connectivity index is 1.63. The molecule has 1 fully saturated rings. The molecule has 1 amide bonds. The summed E-state index contributed by atoms with van der Waals surface area (Å²) in [6.07, 6.45) is -0.871. The highest BCUT2D eigenvalue weighted by Gasteiger charge is 2.39. The van der Waals surface area contributed by atoms with E-state index in [9.17, 15) is 24.6 Å². The van der Waals surface area contributed by atoms with Gasteiger partial charge < -0.3 is 25.0 Å². The Bertz CT molecular complexity index is 1000. The molecule has 0 bridgehead atoms. The number of hydrogen-bond donors (Lipinski definition) is 4. The SMILES string of the molecule is CCOc1ccc(C(=O)N[C@@H]2CO[C@H](Cn3cc(C)c(=O)[nH]c3=O)[C@@H](O)[C@H]2O)cn1. The van der Waals surface area contributed by atoms with Gasteiger partial charge >= 0.3 is 5.69 Å². The number of ether oxygens (including phenoxy) is 2. The van der Waals surface area contributed by atoms with Crippen molar-refractivity contribution in [3.8, 4) is 5.88 Å². The van der Waals surface area contributed by atoms with Gasteiger partial charge in [-0.15, -0.1) is 0 Å². The number of nitrogens with one attached hydrogen (secondary N) is 2. The van der Waals surface area contributed by atoms with Gasteiger partial charge in [-0.3, -0.25) is 19.1 Å². The molecule has 3 heterocycles. The molecule has 2 aromatic rings. The van der Waals surface area contributed by atoms with E-state index in [1.165, 1.54) is 23.0 Å². The van der Waals surface area contributed by atoms with Crippen molar-refractivity contribution in [2.45, 2.75) is 44.7 Å². The first kappa shape index (κ1) is 21.7. The first-order valence-electron chi connectivity index (χ1n) is 9.48. The van der Waals surface area contributed by atoms with Crippen LogP contribution in [-0.4, -0.2) is 68.2 Å². The summed E-state index contributed by atoms with van der Waals surface area (Å²) in [6, 6.07) is 2.23. The molecule has 0 spiro atoms. The lowest BCUT2D eigenvalue weighted by atomic mass is 9.97. The molecular weight excluding hydrogens is 396 g/mol. The number of pyridine rings is 1. The van der Waals surface area contributed by atoms with Gasteiger partial charge in [-0.05, 0) is 19.9 Å². The van der Waals surface area contributed by atoms with Crippen molar-refractivity contribution in [1.82, 2.24) is 19.9 Å². The van der Waals surface area contributed by atoms with Crippen molar-refractivity contribution in [1.29, 1.82) is 0 Å². The summed E-state index contributed by atoms with van der Waals surface area (Å²) in [5.74, 6) is -0.0996. The van der Waals surface area contributed by atoms with Crippen LogP contribution in [0.4, 0.5) is 0 Å². The first-order chi connectivity index (χ1) is 14.3. The van der Waals surface area contributed by atoms with E-state index in [1.807, 2.05) is 6.92 Å². The maximum Gasteiger partial charge on any atom is 0.328 e. The number of rotatable bonds is 6. The molecule has 3 rings (SSSR count). The summed E-state index contributed by atoms with van der Waals surface area (Å²) in [4.78, 5) is 42.0. The lowest BCUT2D eigenvalue weighted by Gasteiger charge is -2.38. The zero-order valence-corrected chi connectivity index (χ0v) is 16.6. The van der Waals surface area contributed by atoms with Crippen LogP contribution in [-0.2, 0) is 11.3 Å². The molecule has 0 aliphatic carbocycles. The third-order valence-corrected chi connectivity index (χ3v) is 4.81. The van der Waals surface area contributed by atoms with Crippen LogP contribution in [0, 0.1) is 6.92 Å². The van der Waals surface area contributed by atoms with Crippen molar-refractivity contribution in [3.05, 3.63) is 56.5 Å². The van der Waals surface area contributed by atoms with Crippen molar-refractivity contribution >= 4 is 5.91 Å². The van der Waals surface area contributed by atoms with Crippen LogP contribution in [0.2, 0.25) is 0 Å². The van der Waals surface area contributed by atoms with E-state index in [2.05, 4.69) is 15.3 Å². The van der Waals surface area contributed by atoms with Gasteiger partial charge in [0.2, 0.25) is 5.88 Å². The molecular formula is C19H24N4O7. The Morgan fingerprint density at radius 2 is 2.13 bits per heavy atom. The molecule has 1 aliphatic heterocycles. The fraction of sp³-hybridized carbons (Fsp3) is 0.474. The number of H-pyrrole nitrogens is 1. The van der Waals surface area contributed by atoms with Crippen LogP contribution < -0.4 is 21.3 Å². The van der Waals surface area contributed by atoms with Gasteiger partial charge in [-0.25, -0.2) is 9.78 Å². The molecule has 30 heavy (non-hydrogen) atoms. The molecule has 0 unspecified atom stereocenters. The molecule has 162 valence electrons. The number of aliphatic hydroxyl groups excluding tert-OH is 2. The number of carbonyl (C=O) groups is 1. The maximum atomic E-state index is 12.4. The highest BCUT2D eigenvalue weighted by molar-refractivity contribution is 5.94. The third-order valence-electron chi connectivity index (χ3n) is 4.81. The highest BCUT2D eigenvalue weighted by Crippen LogP contribution is 2.18. The quantitative estimate of drug-likeness (QED) is 0.443. The number of aliphatic hydroxyl groups is 2. The van der Waals surface area contributed by atoms with E-state index in [0.717, 1.165) is 0 Å². The Morgan fingerprint density at radius 3 is 2.80 bits per heavy atom. The van der Waals surface area contributed by atoms with E-state index in [0.29, 0.717) is 18.1 Å². The van der Waals surface area contributed by atoms with E-state index in [-0.39, 0.29) is 18.7 Å². The van der Waals surface area contributed by atoms with Crippen molar-refractivity contribution in [2.75, 3.05) is 13.2 Å². The average Bonchev–Trinajstić information content (AvgIpc) is 2.72. The summed E-state index contributed by atoms with van der Waals surface area (Å²) in [6.45, 7) is 3.67. The predicted molar refractivity (Wildman–Crippen MR) is 104 cm³/mol. The summed E-state index contributed by atoms with van der Waals surface area (Å²) < 4.78 is 12.0. The van der Waals surface area contributed by atoms with Crippen LogP contribution in [0.25, 0.3) is 0 Å². The Hall–Kier alpha value is -3.02. The highest BCUT2D eigenvalue weighted by atomic mass is 16.5. The maximum absolute atomic E-state index is 12.4. The molecule has 11 nitrogen and oxygen atoms in total. The number of aromatic nitrogens is 3. The van der Waals surface area contributed by atoms with E-state index >= 15 is 0 Å². The van der Waals surface area contributed by atoms with E-state index < -0.39 is 41.5 Å². The number of aryl methyl sites for hydroxylation is 1. The van der Waals surface area contributed by atoms with Gasteiger partial charge in [0.1, 0.15) is 18.3 Å². The normalized spacial score (nSPS) is 23.7. The molecule has 11 heteroatoms. The van der Waals surface area contributed by atoms with Crippen LogP contribution >= 0.6 is 0 Å². The van der Waals surface area contributed by atoms with Gasteiger partial charge in [0.25, 0.3) is 11.5 Å².